The molecule has 1 aromatic heterocycles. The number of hydrogen-bond donors (Lipinski definition) is 1. The molecule has 124 valence electrons. The van der Waals surface area contributed by atoms with Crippen LogP contribution in [0.4, 0.5) is 14.5 Å². The fourth-order valence-electron chi connectivity index (χ4n) is 1.84. The number of rotatable bonds is 6. The Balaban J connectivity index is 2.19. The van der Waals surface area contributed by atoms with E-state index < -0.39 is 12.5 Å². The summed E-state index contributed by atoms with van der Waals surface area (Å²) in [5, 5.41) is 6.75. The van der Waals surface area contributed by atoms with Crippen LogP contribution < -0.4 is 14.8 Å². The predicted molar refractivity (Wildman–Crippen MR) is 83.2 cm³/mol. The van der Waals surface area contributed by atoms with Crippen LogP contribution in [-0.2, 0) is 6.54 Å². The van der Waals surface area contributed by atoms with Gasteiger partial charge in [-0.15, -0.1) is 0 Å². The zero-order chi connectivity index (χ0) is 17.0. The van der Waals surface area contributed by atoms with E-state index >= 15 is 0 Å². The lowest BCUT2D eigenvalue weighted by molar-refractivity contribution is -0.0512. The van der Waals surface area contributed by atoms with Crippen LogP contribution in [-0.4, -0.2) is 29.4 Å². The molecule has 0 aliphatic carbocycles. The van der Waals surface area contributed by atoms with Crippen molar-refractivity contribution in [2.24, 2.45) is 0 Å². The molecule has 0 radical (unpaired) electrons. The van der Waals surface area contributed by atoms with Crippen LogP contribution in [0.3, 0.4) is 0 Å². The molecule has 1 N–H and O–H groups in total. The standard InChI is InChI=1S/C14H14BrF2N3O3/c1-3-20-7-9(15)12(19-20)13(21)18-8-4-5-10(23-14(16)17)11(6-8)22-2/h4-7,14H,3H2,1-2H3,(H,18,21). The Hall–Kier alpha value is -2.16. The monoisotopic (exact) mass is 389 g/mol. The van der Waals surface area contributed by atoms with Crippen LogP contribution in [0.2, 0.25) is 0 Å². The number of halogens is 3. The summed E-state index contributed by atoms with van der Waals surface area (Å²) in [6.07, 6.45) is 1.69. The van der Waals surface area contributed by atoms with E-state index in [4.69, 9.17) is 4.74 Å². The van der Waals surface area contributed by atoms with Crippen molar-refractivity contribution in [3.63, 3.8) is 0 Å². The molecular weight excluding hydrogens is 376 g/mol. The summed E-state index contributed by atoms with van der Waals surface area (Å²) < 4.78 is 36.0. The van der Waals surface area contributed by atoms with E-state index in [0.717, 1.165) is 0 Å². The van der Waals surface area contributed by atoms with Crippen molar-refractivity contribution in [3.05, 3.63) is 34.6 Å². The molecule has 23 heavy (non-hydrogen) atoms. The van der Waals surface area contributed by atoms with Crippen LogP contribution in [0.1, 0.15) is 17.4 Å². The van der Waals surface area contributed by atoms with Gasteiger partial charge < -0.3 is 14.8 Å². The first-order valence-corrected chi connectivity index (χ1v) is 7.41. The van der Waals surface area contributed by atoms with Crippen LogP contribution in [0.15, 0.2) is 28.9 Å². The number of nitrogens with zero attached hydrogens (tertiary/aromatic N) is 2. The van der Waals surface area contributed by atoms with Crippen molar-refractivity contribution in [1.82, 2.24) is 9.78 Å². The molecule has 0 bridgehead atoms. The minimum Gasteiger partial charge on any atom is -0.493 e. The highest BCUT2D eigenvalue weighted by Crippen LogP contribution is 2.31. The Morgan fingerprint density at radius 2 is 2.17 bits per heavy atom. The van der Waals surface area contributed by atoms with Crippen molar-refractivity contribution in [2.75, 3.05) is 12.4 Å². The molecule has 0 atom stereocenters. The average molecular weight is 390 g/mol. The number of alkyl halides is 2. The van der Waals surface area contributed by atoms with E-state index in [-0.39, 0.29) is 17.2 Å². The maximum Gasteiger partial charge on any atom is 0.387 e. The molecule has 0 saturated heterocycles. The summed E-state index contributed by atoms with van der Waals surface area (Å²) in [6, 6.07) is 4.11. The molecule has 0 aliphatic heterocycles. The van der Waals surface area contributed by atoms with Gasteiger partial charge in [0.25, 0.3) is 5.91 Å². The summed E-state index contributed by atoms with van der Waals surface area (Å²) in [5.74, 6) is -0.466. The molecule has 2 aromatic rings. The summed E-state index contributed by atoms with van der Waals surface area (Å²) in [6.45, 7) is -0.439. The molecule has 0 saturated carbocycles. The highest BCUT2D eigenvalue weighted by atomic mass is 79.9. The number of benzene rings is 1. The number of anilines is 1. The van der Waals surface area contributed by atoms with Crippen LogP contribution in [0.5, 0.6) is 11.5 Å². The van der Waals surface area contributed by atoms with E-state index in [1.807, 2.05) is 6.92 Å². The number of ether oxygens (including phenoxy) is 2. The second kappa shape index (κ2) is 7.40. The lowest BCUT2D eigenvalue weighted by Crippen LogP contribution is -2.14. The minimum atomic E-state index is -2.96. The minimum absolute atomic E-state index is 0.0845. The molecule has 1 amide bonds. The Kier molecular flexibility index (Phi) is 5.54. The number of methoxy groups -OCH3 is 1. The largest absolute Gasteiger partial charge is 0.493 e. The summed E-state index contributed by atoms with van der Waals surface area (Å²) in [7, 11) is 1.32. The zero-order valence-electron chi connectivity index (χ0n) is 12.3. The molecule has 0 spiro atoms. The number of aromatic nitrogens is 2. The Morgan fingerprint density at radius 3 is 2.74 bits per heavy atom. The zero-order valence-corrected chi connectivity index (χ0v) is 13.9. The fraction of sp³-hybridized carbons (Fsp3) is 0.286. The van der Waals surface area contributed by atoms with Crippen molar-refractivity contribution in [3.8, 4) is 11.5 Å². The number of nitrogens with one attached hydrogen (secondary N) is 1. The smallest absolute Gasteiger partial charge is 0.387 e. The third kappa shape index (κ3) is 4.19. The summed E-state index contributed by atoms with van der Waals surface area (Å²) >= 11 is 3.27. The van der Waals surface area contributed by atoms with Gasteiger partial charge in [0.2, 0.25) is 0 Å². The normalized spacial score (nSPS) is 10.7. The Morgan fingerprint density at radius 1 is 1.43 bits per heavy atom. The van der Waals surface area contributed by atoms with Gasteiger partial charge in [-0.2, -0.15) is 13.9 Å². The van der Waals surface area contributed by atoms with Gasteiger partial charge in [-0.3, -0.25) is 9.48 Å². The van der Waals surface area contributed by atoms with Crippen LogP contribution in [0.25, 0.3) is 0 Å². The topological polar surface area (TPSA) is 65.4 Å². The van der Waals surface area contributed by atoms with E-state index in [2.05, 4.69) is 31.1 Å². The van der Waals surface area contributed by atoms with E-state index in [0.29, 0.717) is 16.7 Å². The first-order chi connectivity index (χ1) is 10.9. The quantitative estimate of drug-likeness (QED) is 0.820. The first-order valence-electron chi connectivity index (χ1n) is 6.61. The van der Waals surface area contributed by atoms with Gasteiger partial charge >= 0.3 is 6.61 Å². The molecule has 9 heteroatoms. The summed E-state index contributed by atoms with van der Waals surface area (Å²) in [4.78, 5) is 12.2. The summed E-state index contributed by atoms with van der Waals surface area (Å²) in [5.41, 5.74) is 0.588. The molecule has 0 aliphatic rings. The molecule has 2 rings (SSSR count). The van der Waals surface area contributed by atoms with Gasteiger partial charge in [0.15, 0.2) is 17.2 Å². The van der Waals surface area contributed by atoms with E-state index in [9.17, 15) is 13.6 Å². The molecule has 1 aromatic carbocycles. The van der Waals surface area contributed by atoms with Gasteiger partial charge in [-0.1, -0.05) is 0 Å². The second-order valence-electron chi connectivity index (χ2n) is 4.38. The molecule has 1 heterocycles. The Labute approximate surface area is 139 Å². The van der Waals surface area contributed by atoms with Gasteiger partial charge in [0, 0.05) is 24.5 Å². The van der Waals surface area contributed by atoms with Gasteiger partial charge in [-0.25, -0.2) is 0 Å². The lowest BCUT2D eigenvalue weighted by atomic mass is 10.2. The fourth-order valence-corrected chi connectivity index (χ4v) is 2.34. The number of aryl methyl sites for hydroxylation is 1. The van der Waals surface area contributed by atoms with Gasteiger partial charge in [0.05, 0.1) is 11.6 Å². The second-order valence-corrected chi connectivity index (χ2v) is 5.23. The van der Waals surface area contributed by atoms with Gasteiger partial charge in [-0.05, 0) is 35.0 Å². The Bertz CT molecular complexity index is 707. The highest BCUT2D eigenvalue weighted by Gasteiger charge is 2.17. The third-order valence-electron chi connectivity index (χ3n) is 2.89. The van der Waals surface area contributed by atoms with Crippen molar-refractivity contribution < 1.29 is 23.0 Å². The number of amides is 1. The van der Waals surface area contributed by atoms with Crippen LogP contribution in [0, 0.1) is 0 Å². The molecular formula is C14H14BrF2N3O3. The molecule has 0 fully saturated rings. The average Bonchev–Trinajstić information content (AvgIpc) is 2.89. The van der Waals surface area contributed by atoms with Crippen molar-refractivity contribution >= 4 is 27.5 Å². The van der Waals surface area contributed by atoms with E-state index in [1.54, 1.807) is 10.9 Å². The maximum absolute atomic E-state index is 12.3. The van der Waals surface area contributed by atoms with Crippen molar-refractivity contribution in [2.45, 2.75) is 20.1 Å². The SMILES string of the molecule is CCn1cc(Br)c(C(=O)Nc2ccc(OC(F)F)c(OC)c2)n1. The molecule has 6 nitrogen and oxygen atoms in total. The van der Waals surface area contributed by atoms with Crippen LogP contribution >= 0.6 is 15.9 Å². The van der Waals surface area contributed by atoms with Crippen molar-refractivity contribution in [1.29, 1.82) is 0 Å². The third-order valence-corrected chi connectivity index (χ3v) is 3.47. The molecule has 0 unspecified atom stereocenters. The number of carbonyl (C=O) groups excluding carboxylic acids is 1. The maximum atomic E-state index is 12.3. The number of hydrogen-bond acceptors (Lipinski definition) is 4. The van der Waals surface area contributed by atoms with E-state index in [1.165, 1.54) is 25.3 Å². The van der Waals surface area contributed by atoms with Gasteiger partial charge in [0.1, 0.15) is 0 Å². The first kappa shape index (κ1) is 17.2. The lowest BCUT2D eigenvalue weighted by Gasteiger charge is -2.11. The highest BCUT2D eigenvalue weighted by molar-refractivity contribution is 9.10. The number of carbonyl (C=O) groups is 1. The predicted octanol–water partition coefficient (Wildman–Crippen LogP) is 3.53.